The van der Waals surface area contributed by atoms with Gasteiger partial charge in [0.05, 0.1) is 6.10 Å². The van der Waals surface area contributed by atoms with Crippen molar-refractivity contribution in [1.82, 2.24) is 0 Å². The number of carbonyl (C=O) groups is 2. The molecule has 1 unspecified atom stereocenters. The van der Waals surface area contributed by atoms with Gasteiger partial charge in [-0.25, -0.2) is 4.39 Å². The highest BCUT2D eigenvalue weighted by Gasteiger charge is 2.41. The van der Waals surface area contributed by atoms with Gasteiger partial charge in [0.2, 0.25) is 0 Å². The van der Waals surface area contributed by atoms with Crippen molar-refractivity contribution < 1.29 is 24.2 Å². The second-order valence-electron chi connectivity index (χ2n) is 8.08. The van der Waals surface area contributed by atoms with Gasteiger partial charge in [0.25, 0.3) is 0 Å². The summed E-state index contributed by atoms with van der Waals surface area (Å²) in [4.78, 5) is 23.7. The Labute approximate surface area is 174 Å². The predicted molar refractivity (Wildman–Crippen MR) is 113 cm³/mol. The average Bonchev–Trinajstić information content (AvgIpc) is 3.23. The number of aliphatic hydroxyl groups excluding tert-OH is 1. The third-order valence-corrected chi connectivity index (χ3v) is 7.21. The number of alkyl halides is 1. The third-order valence-electron chi connectivity index (χ3n) is 5.99. The quantitative estimate of drug-likeness (QED) is 0.458. The SMILES string of the molecule is O=C(O)CCCCCC[C@H]1[C@@H](F)CC(=O)[C@@H]1CCC(O)c1cc2ccccc2s1. The van der Waals surface area contributed by atoms with Crippen molar-refractivity contribution in [2.45, 2.75) is 70.1 Å². The van der Waals surface area contributed by atoms with E-state index in [9.17, 15) is 19.1 Å². The van der Waals surface area contributed by atoms with Crippen molar-refractivity contribution >= 4 is 33.2 Å². The highest BCUT2D eigenvalue weighted by Crippen LogP contribution is 2.40. The highest BCUT2D eigenvalue weighted by molar-refractivity contribution is 7.19. The Morgan fingerprint density at radius 1 is 1.17 bits per heavy atom. The van der Waals surface area contributed by atoms with Crippen LogP contribution in [0.3, 0.4) is 0 Å². The number of benzene rings is 1. The zero-order valence-electron chi connectivity index (χ0n) is 16.6. The van der Waals surface area contributed by atoms with Gasteiger partial charge in [-0.2, -0.15) is 0 Å². The summed E-state index contributed by atoms with van der Waals surface area (Å²) in [6.45, 7) is 0. The third kappa shape index (κ3) is 5.86. The van der Waals surface area contributed by atoms with Crippen LogP contribution in [0.15, 0.2) is 30.3 Å². The van der Waals surface area contributed by atoms with E-state index in [0.29, 0.717) is 25.7 Å². The molecule has 0 aliphatic heterocycles. The van der Waals surface area contributed by atoms with Gasteiger partial charge in [-0.3, -0.25) is 9.59 Å². The number of carboxylic acid groups (broad SMARTS) is 1. The normalized spacial score (nSPS) is 23.0. The number of fused-ring (bicyclic) bond motifs is 1. The first-order valence-electron chi connectivity index (χ1n) is 10.5. The van der Waals surface area contributed by atoms with Crippen molar-refractivity contribution in [2.75, 3.05) is 0 Å². The lowest BCUT2D eigenvalue weighted by Gasteiger charge is -2.21. The number of halogens is 1. The summed E-state index contributed by atoms with van der Waals surface area (Å²) in [5.74, 6) is -1.38. The van der Waals surface area contributed by atoms with Crippen molar-refractivity contribution in [3.05, 3.63) is 35.2 Å². The molecule has 1 aromatic carbocycles. The first-order valence-corrected chi connectivity index (χ1v) is 11.3. The number of ketones is 1. The predicted octanol–water partition coefficient (Wildman–Crippen LogP) is 5.68. The van der Waals surface area contributed by atoms with Crippen LogP contribution >= 0.6 is 11.3 Å². The summed E-state index contributed by atoms with van der Waals surface area (Å²) in [7, 11) is 0. The number of carbonyl (C=O) groups excluding carboxylic acids is 1. The summed E-state index contributed by atoms with van der Waals surface area (Å²) in [6.07, 6.45) is 3.22. The molecular weight excluding hydrogens is 391 g/mol. The van der Waals surface area contributed by atoms with E-state index in [4.69, 9.17) is 5.11 Å². The van der Waals surface area contributed by atoms with E-state index in [1.165, 1.54) is 0 Å². The Morgan fingerprint density at radius 2 is 1.93 bits per heavy atom. The molecule has 6 heteroatoms. The lowest BCUT2D eigenvalue weighted by atomic mass is 9.85. The molecule has 1 aliphatic carbocycles. The molecule has 2 N–H and O–H groups in total. The van der Waals surface area contributed by atoms with Gasteiger partial charge in [-0.05, 0) is 43.2 Å². The van der Waals surface area contributed by atoms with Crippen molar-refractivity contribution in [3.8, 4) is 0 Å². The first-order chi connectivity index (χ1) is 14.0. The number of rotatable bonds is 11. The molecule has 29 heavy (non-hydrogen) atoms. The number of aliphatic hydroxyl groups is 1. The Balaban J connectivity index is 1.49. The smallest absolute Gasteiger partial charge is 0.303 e. The fraction of sp³-hybridized carbons (Fsp3) is 0.565. The zero-order chi connectivity index (χ0) is 20.8. The van der Waals surface area contributed by atoms with Crippen molar-refractivity contribution in [3.63, 3.8) is 0 Å². The minimum atomic E-state index is -1.09. The minimum Gasteiger partial charge on any atom is -0.481 e. The average molecular weight is 421 g/mol. The maximum absolute atomic E-state index is 14.4. The van der Waals surface area contributed by atoms with Crippen molar-refractivity contribution in [1.29, 1.82) is 0 Å². The van der Waals surface area contributed by atoms with Crippen LogP contribution in [0.1, 0.15) is 68.8 Å². The van der Waals surface area contributed by atoms with E-state index in [-0.39, 0.29) is 30.5 Å². The van der Waals surface area contributed by atoms with Gasteiger partial charge < -0.3 is 10.2 Å². The summed E-state index contributed by atoms with van der Waals surface area (Å²) < 4.78 is 15.5. The van der Waals surface area contributed by atoms with Crippen LogP contribution in [-0.2, 0) is 9.59 Å². The Bertz CT molecular complexity index is 800. The summed E-state index contributed by atoms with van der Waals surface area (Å²) >= 11 is 1.56. The molecule has 0 saturated heterocycles. The van der Waals surface area contributed by atoms with Gasteiger partial charge in [0.15, 0.2) is 0 Å². The highest BCUT2D eigenvalue weighted by atomic mass is 32.1. The van der Waals surface area contributed by atoms with Crippen molar-refractivity contribution in [2.24, 2.45) is 11.8 Å². The fourth-order valence-electron chi connectivity index (χ4n) is 4.40. The zero-order valence-corrected chi connectivity index (χ0v) is 17.4. The molecule has 1 saturated carbocycles. The van der Waals surface area contributed by atoms with Crippen LogP contribution in [-0.4, -0.2) is 28.1 Å². The Hall–Kier alpha value is -1.79. The van der Waals surface area contributed by atoms with E-state index >= 15 is 0 Å². The molecule has 4 atom stereocenters. The molecule has 3 rings (SSSR count). The lowest BCUT2D eigenvalue weighted by Crippen LogP contribution is -2.19. The number of carboxylic acids is 1. The fourth-order valence-corrected chi connectivity index (χ4v) is 5.48. The van der Waals surface area contributed by atoms with Crippen LogP contribution in [0, 0.1) is 11.8 Å². The minimum absolute atomic E-state index is 0.00662. The molecule has 1 aromatic heterocycles. The second-order valence-corrected chi connectivity index (χ2v) is 9.20. The van der Waals surface area contributed by atoms with E-state index in [1.54, 1.807) is 11.3 Å². The number of unbranched alkanes of at least 4 members (excludes halogenated alkanes) is 3. The van der Waals surface area contributed by atoms with Gasteiger partial charge in [0, 0.05) is 34.3 Å². The Kier molecular flexibility index (Phi) is 7.78. The number of aliphatic carboxylic acids is 1. The molecule has 0 bridgehead atoms. The first kappa shape index (κ1) is 21.9. The maximum Gasteiger partial charge on any atom is 0.303 e. The number of hydrogen-bond donors (Lipinski definition) is 2. The molecular formula is C23H29FO4S. The van der Waals surface area contributed by atoms with Crippen LogP contribution in [0.5, 0.6) is 0 Å². The largest absolute Gasteiger partial charge is 0.481 e. The second kappa shape index (κ2) is 10.3. The number of thiophene rings is 1. The van der Waals surface area contributed by atoms with Gasteiger partial charge in [-0.15, -0.1) is 11.3 Å². The summed E-state index contributed by atoms with van der Waals surface area (Å²) in [5.41, 5.74) is 0. The molecule has 0 amide bonds. The lowest BCUT2D eigenvalue weighted by molar-refractivity contribution is -0.137. The number of Topliss-reactive ketones (excluding diaryl/α,β-unsaturated/α-hetero) is 1. The standard InChI is InChI=1S/C23H29FO4S/c24-18-14-20(26)17(16(18)8-3-1-2-4-10-23(27)28)11-12-19(25)22-13-15-7-5-6-9-21(15)29-22/h5-7,9,13,16-19,25H,1-4,8,10-12,14H2,(H,27,28)/t16-,17-,18+,19?/m1/s1. The molecule has 2 aromatic rings. The molecule has 0 spiro atoms. The number of hydrogen-bond acceptors (Lipinski definition) is 4. The summed E-state index contributed by atoms with van der Waals surface area (Å²) in [6, 6.07) is 9.98. The van der Waals surface area contributed by atoms with Crippen LogP contribution in [0.2, 0.25) is 0 Å². The van der Waals surface area contributed by atoms with E-state index in [2.05, 4.69) is 0 Å². The van der Waals surface area contributed by atoms with E-state index in [1.807, 2.05) is 30.3 Å². The molecule has 1 aliphatic rings. The topological polar surface area (TPSA) is 74.6 Å². The van der Waals surface area contributed by atoms with Crippen LogP contribution in [0.4, 0.5) is 4.39 Å². The van der Waals surface area contributed by atoms with Gasteiger partial charge in [-0.1, -0.05) is 37.5 Å². The van der Waals surface area contributed by atoms with Crippen LogP contribution in [0.25, 0.3) is 10.1 Å². The maximum atomic E-state index is 14.4. The van der Waals surface area contributed by atoms with Gasteiger partial charge >= 0.3 is 5.97 Å². The Morgan fingerprint density at radius 3 is 2.69 bits per heavy atom. The molecule has 1 heterocycles. The molecule has 4 nitrogen and oxygen atoms in total. The van der Waals surface area contributed by atoms with E-state index < -0.39 is 18.2 Å². The molecule has 0 radical (unpaired) electrons. The summed E-state index contributed by atoms with van der Waals surface area (Å²) in [5, 5.41) is 20.4. The van der Waals surface area contributed by atoms with Gasteiger partial charge in [0.1, 0.15) is 12.0 Å². The molecule has 158 valence electrons. The van der Waals surface area contributed by atoms with Crippen LogP contribution < -0.4 is 0 Å². The van der Waals surface area contributed by atoms with E-state index in [0.717, 1.165) is 34.2 Å². The monoisotopic (exact) mass is 420 g/mol. The molecule has 1 fully saturated rings.